The minimum absolute atomic E-state index is 0.137. The number of hydrogen-bond acceptors (Lipinski definition) is 6. The van der Waals surface area contributed by atoms with Gasteiger partial charge in [-0.3, -0.25) is 4.79 Å². The van der Waals surface area contributed by atoms with E-state index in [9.17, 15) is 13.6 Å². The highest BCUT2D eigenvalue weighted by molar-refractivity contribution is 7.97. The zero-order valence-electron chi connectivity index (χ0n) is 18.3. The van der Waals surface area contributed by atoms with Gasteiger partial charge in [-0.15, -0.1) is 0 Å². The van der Waals surface area contributed by atoms with E-state index in [2.05, 4.69) is 20.0 Å². The van der Waals surface area contributed by atoms with Gasteiger partial charge < -0.3 is 19.3 Å². The second-order valence-corrected chi connectivity index (χ2v) is 9.62. The van der Waals surface area contributed by atoms with Crippen molar-refractivity contribution in [1.82, 2.24) is 9.21 Å². The Labute approximate surface area is 195 Å². The summed E-state index contributed by atoms with van der Waals surface area (Å²) in [4.78, 5) is 18.0. The summed E-state index contributed by atoms with van der Waals surface area (Å²) < 4.78 is 36.9. The van der Waals surface area contributed by atoms with E-state index in [1.165, 1.54) is 11.1 Å². The number of amides is 1. The van der Waals surface area contributed by atoms with Crippen LogP contribution in [0.1, 0.15) is 5.56 Å². The van der Waals surface area contributed by atoms with Crippen molar-refractivity contribution in [3.63, 3.8) is 0 Å². The smallest absolute Gasteiger partial charge is 0.387 e. The van der Waals surface area contributed by atoms with Gasteiger partial charge in [-0.05, 0) is 65.1 Å². The Morgan fingerprint density at radius 1 is 1.09 bits per heavy atom. The molecular formula is C24H25F2N3O3S. The van der Waals surface area contributed by atoms with Gasteiger partial charge in [0.1, 0.15) is 18.1 Å². The minimum Gasteiger partial charge on any atom is -0.490 e. The maximum absolute atomic E-state index is 12.9. The van der Waals surface area contributed by atoms with Crippen LogP contribution in [0, 0.1) is 0 Å². The molecule has 6 nitrogen and oxygen atoms in total. The van der Waals surface area contributed by atoms with Crippen molar-refractivity contribution in [2.75, 3.05) is 51.3 Å². The van der Waals surface area contributed by atoms with Gasteiger partial charge in [-0.2, -0.15) is 8.78 Å². The van der Waals surface area contributed by atoms with E-state index in [4.69, 9.17) is 4.74 Å². The molecule has 0 N–H and O–H groups in total. The van der Waals surface area contributed by atoms with Gasteiger partial charge in [0.2, 0.25) is 5.91 Å². The van der Waals surface area contributed by atoms with Crippen LogP contribution in [0.5, 0.6) is 11.5 Å². The minimum atomic E-state index is -2.82. The normalized spacial score (nSPS) is 17.9. The number of carbonyl (C=O) groups excluding carboxylic acids is 1. The summed E-state index contributed by atoms with van der Waals surface area (Å²) in [6, 6.07) is 12.7. The maximum atomic E-state index is 12.9. The summed E-state index contributed by atoms with van der Waals surface area (Å²) in [7, 11) is 2.04. The molecule has 2 aromatic carbocycles. The van der Waals surface area contributed by atoms with Crippen LogP contribution < -0.4 is 14.4 Å². The second-order valence-electron chi connectivity index (χ2n) is 8.45. The van der Waals surface area contributed by atoms with Crippen LogP contribution in [0.4, 0.5) is 14.5 Å². The molecule has 1 amide bonds. The lowest BCUT2D eigenvalue weighted by atomic mass is 10.1. The zero-order valence-corrected chi connectivity index (χ0v) is 19.1. The largest absolute Gasteiger partial charge is 0.490 e. The number of likely N-dealkylation sites (N-methyl/N-ethyl adjacent to an activating group) is 1. The molecule has 3 heterocycles. The third kappa shape index (κ3) is 4.94. The molecule has 0 aliphatic carbocycles. The predicted octanol–water partition coefficient (Wildman–Crippen LogP) is 3.82. The second kappa shape index (κ2) is 9.23. The van der Waals surface area contributed by atoms with Crippen LogP contribution in [0.2, 0.25) is 0 Å². The van der Waals surface area contributed by atoms with Crippen molar-refractivity contribution >= 4 is 23.5 Å². The SMILES string of the molecule is CN1CCOc2ccc(CC(=O)N3CC4=C(CN(Sc5ccc(OC(F)F)cc5)C4)C3)cc21. The van der Waals surface area contributed by atoms with Crippen LogP contribution in [-0.2, 0) is 11.2 Å². The van der Waals surface area contributed by atoms with Crippen LogP contribution in [0.3, 0.4) is 0 Å². The third-order valence-electron chi connectivity index (χ3n) is 6.11. The average molecular weight is 474 g/mol. The number of alkyl halides is 2. The van der Waals surface area contributed by atoms with Crippen molar-refractivity contribution in [1.29, 1.82) is 0 Å². The number of anilines is 1. The molecule has 0 fully saturated rings. The molecule has 3 aliphatic rings. The molecule has 0 atom stereocenters. The summed E-state index contributed by atoms with van der Waals surface area (Å²) in [5.41, 5.74) is 4.63. The molecule has 33 heavy (non-hydrogen) atoms. The van der Waals surface area contributed by atoms with Gasteiger partial charge in [0.05, 0.1) is 18.7 Å². The first kappa shape index (κ1) is 22.0. The van der Waals surface area contributed by atoms with Crippen LogP contribution in [0.25, 0.3) is 0 Å². The maximum Gasteiger partial charge on any atom is 0.387 e. The summed E-state index contributed by atoms with van der Waals surface area (Å²) in [6.07, 6.45) is 0.382. The Morgan fingerprint density at radius 2 is 1.82 bits per heavy atom. The standard InChI is InChI=1S/C24H25F2N3O3S/c1-27-8-9-31-22-7-2-16(10-21(22)27)11-23(30)28-12-17-14-29(15-18(17)13-28)33-20-5-3-19(4-6-20)32-24(25)26/h2-7,10,24H,8-9,11-15H2,1H3. The molecule has 0 bridgehead atoms. The first-order chi connectivity index (χ1) is 15.9. The van der Waals surface area contributed by atoms with E-state index in [0.717, 1.165) is 41.5 Å². The number of ether oxygens (including phenoxy) is 2. The van der Waals surface area contributed by atoms with Crippen LogP contribution in [-0.4, -0.2) is 68.1 Å². The van der Waals surface area contributed by atoms with Crippen molar-refractivity contribution < 1.29 is 23.0 Å². The predicted molar refractivity (Wildman–Crippen MR) is 123 cm³/mol. The van der Waals surface area contributed by atoms with E-state index in [1.54, 1.807) is 36.2 Å². The third-order valence-corrected chi connectivity index (χ3v) is 7.11. The van der Waals surface area contributed by atoms with Gasteiger partial charge in [-0.1, -0.05) is 6.07 Å². The Balaban J connectivity index is 1.13. The number of benzene rings is 2. The lowest BCUT2D eigenvalue weighted by Gasteiger charge is -2.28. The number of carbonyl (C=O) groups is 1. The molecule has 0 radical (unpaired) electrons. The highest BCUT2D eigenvalue weighted by atomic mass is 32.2. The van der Waals surface area contributed by atoms with Crippen molar-refractivity contribution in [2.24, 2.45) is 0 Å². The van der Waals surface area contributed by atoms with E-state index in [1.807, 2.05) is 24.1 Å². The topological polar surface area (TPSA) is 45.2 Å². The van der Waals surface area contributed by atoms with E-state index in [-0.39, 0.29) is 11.7 Å². The zero-order chi connectivity index (χ0) is 22.9. The number of hydrogen-bond donors (Lipinski definition) is 0. The van der Waals surface area contributed by atoms with E-state index in [0.29, 0.717) is 26.1 Å². The number of rotatable bonds is 6. The van der Waals surface area contributed by atoms with Crippen LogP contribution >= 0.6 is 11.9 Å². The van der Waals surface area contributed by atoms with Gasteiger partial charge in [-0.25, -0.2) is 4.31 Å². The number of halogens is 2. The fraction of sp³-hybridized carbons (Fsp3) is 0.375. The van der Waals surface area contributed by atoms with E-state index >= 15 is 0 Å². The molecule has 0 saturated carbocycles. The quantitative estimate of drug-likeness (QED) is 0.470. The number of nitrogens with zero attached hydrogens (tertiary/aromatic N) is 3. The Bertz CT molecular complexity index is 1060. The molecular weight excluding hydrogens is 448 g/mol. The Hall–Kier alpha value is -2.78. The molecule has 2 aromatic rings. The van der Waals surface area contributed by atoms with Gasteiger partial charge in [0, 0.05) is 38.1 Å². The molecule has 174 valence electrons. The van der Waals surface area contributed by atoms with Gasteiger partial charge >= 0.3 is 6.61 Å². The first-order valence-electron chi connectivity index (χ1n) is 10.9. The Kier molecular flexibility index (Phi) is 6.16. The molecule has 0 aromatic heterocycles. The fourth-order valence-corrected chi connectivity index (χ4v) is 5.41. The molecule has 0 spiro atoms. The first-order valence-corrected chi connectivity index (χ1v) is 11.6. The molecule has 0 saturated heterocycles. The summed E-state index contributed by atoms with van der Waals surface area (Å²) in [5.74, 6) is 1.16. The number of fused-ring (bicyclic) bond motifs is 1. The summed E-state index contributed by atoms with van der Waals surface area (Å²) >= 11 is 1.59. The summed E-state index contributed by atoms with van der Waals surface area (Å²) in [6.45, 7) is 1.62. The van der Waals surface area contributed by atoms with E-state index < -0.39 is 6.61 Å². The van der Waals surface area contributed by atoms with Crippen molar-refractivity contribution in [2.45, 2.75) is 17.9 Å². The molecule has 0 unspecified atom stereocenters. The highest BCUT2D eigenvalue weighted by Gasteiger charge is 2.32. The fourth-order valence-electron chi connectivity index (χ4n) is 4.41. The molecule has 9 heteroatoms. The lowest BCUT2D eigenvalue weighted by Crippen LogP contribution is -2.34. The van der Waals surface area contributed by atoms with Crippen molar-refractivity contribution in [3.05, 3.63) is 59.2 Å². The average Bonchev–Trinajstić information content (AvgIpc) is 3.34. The van der Waals surface area contributed by atoms with Gasteiger partial charge in [0.15, 0.2) is 0 Å². The highest BCUT2D eigenvalue weighted by Crippen LogP contribution is 2.35. The molecule has 5 rings (SSSR count). The Morgan fingerprint density at radius 3 is 2.52 bits per heavy atom. The van der Waals surface area contributed by atoms with Crippen molar-refractivity contribution in [3.8, 4) is 11.5 Å². The van der Waals surface area contributed by atoms with Crippen LogP contribution in [0.15, 0.2) is 58.5 Å². The summed E-state index contributed by atoms with van der Waals surface area (Å²) in [5, 5.41) is 0. The monoisotopic (exact) mass is 473 g/mol. The lowest BCUT2D eigenvalue weighted by molar-refractivity contribution is -0.129. The molecule has 3 aliphatic heterocycles. The van der Waals surface area contributed by atoms with Gasteiger partial charge in [0.25, 0.3) is 0 Å².